The Morgan fingerprint density at radius 3 is 2.55 bits per heavy atom. The van der Waals surface area contributed by atoms with Crippen molar-refractivity contribution in [3.63, 3.8) is 0 Å². The van der Waals surface area contributed by atoms with E-state index < -0.39 is 0 Å². The van der Waals surface area contributed by atoms with Crippen LogP contribution in [0.25, 0.3) is 0 Å². The number of ether oxygens (including phenoxy) is 3. The molecule has 2 N–H and O–H groups in total. The van der Waals surface area contributed by atoms with Crippen LogP contribution in [0.5, 0.6) is 17.2 Å². The third-order valence-electron chi connectivity index (χ3n) is 4.12. The fourth-order valence-corrected chi connectivity index (χ4v) is 2.74. The average Bonchev–Trinajstić information content (AvgIpc) is 2.75. The molecule has 7 nitrogen and oxygen atoms in total. The predicted molar refractivity (Wildman–Crippen MR) is 113 cm³/mol. The van der Waals surface area contributed by atoms with Gasteiger partial charge in [-0.25, -0.2) is 0 Å². The van der Waals surface area contributed by atoms with Crippen LogP contribution in [0, 0.1) is 0 Å². The number of nitrogens with one attached hydrogen (secondary N) is 2. The Balaban J connectivity index is 1.79. The zero-order valence-electron chi connectivity index (χ0n) is 16.6. The van der Waals surface area contributed by atoms with E-state index in [1.807, 2.05) is 37.3 Å². The minimum absolute atomic E-state index is 0.282. The van der Waals surface area contributed by atoms with E-state index in [9.17, 15) is 4.79 Å². The van der Waals surface area contributed by atoms with E-state index in [-0.39, 0.29) is 5.91 Å². The van der Waals surface area contributed by atoms with Gasteiger partial charge in [-0.1, -0.05) is 12.1 Å². The van der Waals surface area contributed by atoms with Gasteiger partial charge in [0, 0.05) is 12.3 Å². The normalized spacial score (nSPS) is 10.2. The van der Waals surface area contributed by atoms with E-state index in [4.69, 9.17) is 14.2 Å². The number of para-hydroxylation sites is 2. The highest BCUT2D eigenvalue weighted by Crippen LogP contribution is 2.31. The van der Waals surface area contributed by atoms with Crippen molar-refractivity contribution in [2.45, 2.75) is 6.92 Å². The summed E-state index contributed by atoms with van der Waals surface area (Å²) in [6, 6.07) is 14.4. The summed E-state index contributed by atoms with van der Waals surface area (Å²) in [7, 11) is 3.18. The first-order valence-corrected chi connectivity index (χ1v) is 9.12. The largest absolute Gasteiger partial charge is 0.497 e. The Morgan fingerprint density at radius 1 is 0.966 bits per heavy atom. The summed E-state index contributed by atoms with van der Waals surface area (Å²) in [6.45, 7) is 2.41. The highest BCUT2D eigenvalue weighted by atomic mass is 16.5. The molecule has 0 radical (unpaired) electrons. The maximum Gasteiger partial charge on any atom is 0.257 e. The molecule has 2 aromatic carbocycles. The van der Waals surface area contributed by atoms with Gasteiger partial charge in [-0.15, -0.1) is 0 Å². The van der Waals surface area contributed by atoms with E-state index in [1.165, 1.54) is 6.20 Å². The third kappa shape index (κ3) is 4.95. The van der Waals surface area contributed by atoms with Gasteiger partial charge >= 0.3 is 0 Å². The van der Waals surface area contributed by atoms with Crippen LogP contribution in [0.1, 0.15) is 17.3 Å². The quantitative estimate of drug-likeness (QED) is 0.587. The summed E-state index contributed by atoms with van der Waals surface area (Å²) in [6.07, 6.45) is 3.14. The molecule has 0 fully saturated rings. The molecule has 0 atom stereocenters. The molecule has 0 aliphatic carbocycles. The highest BCUT2D eigenvalue weighted by Gasteiger charge is 2.12. The number of hydrogen-bond acceptors (Lipinski definition) is 6. The maximum absolute atomic E-state index is 12.7. The van der Waals surface area contributed by atoms with Gasteiger partial charge in [-0.05, 0) is 37.3 Å². The van der Waals surface area contributed by atoms with Gasteiger partial charge in [0.05, 0.1) is 49.6 Å². The van der Waals surface area contributed by atoms with Crippen LogP contribution >= 0.6 is 0 Å². The molecule has 0 spiro atoms. The summed E-state index contributed by atoms with van der Waals surface area (Å²) in [5, 5.41) is 6.09. The molecule has 150 valence electrons. The van der Waals surface area contributed by atoms with Crippen molar-refractivity contribution in [3.8, 4) is 17.2 Å². The van der Waals surface area contributed by atoms with Crippen LogP contribution in [0.2, 0.25) is 0 Å². The molecule has 0 saturated carbocycles. The first-order valence-electron chi connectivity index (χ1n) is 9.12. The van der Waals surface area contributed by atoms with Crippen molar-refractivity contribution in [2.75, 3.05) is 31.5 Å². The Kier molecular flexibility index (Phi) is 6.52. The topological polar surface area (TPSA) is 81.7 Å². The first-order chi connectivity index (χ1) is 14.1. The molecule has 29 heavy (non-hydrogen) atoms. The number of carbonyl (C=O) groups is 1. The molecular weight excluding hydrogens is 370 g/mol. The summed E-state index contributed by atoms with van der Waals surface area (Å²) in [5.41, 5.74) is 2.40. The molecule has 1 aromatic heterocycles. The van der Waals surface area contributed by atoms with Crippen molar-refractivity contribution in [2.24, 2.45) is 0 Å². The summed E-state index contributed by atoms with van der Waals surface area (Å²) in [5.74, 6) is 1.64. The van der Waals surface area contributed by atoms with Gasteiger partial charge < -0.3 is 24.8 Å². The van der Waals surface area contributed by atoms with E-state index in [0.717, 1.165) is 5.69 Å². The van der Waals surface area contributed by atoms with Crippen molar-refractivity contribution in [3.05, 3.63) is 66.5 Å². The van der Waals surface area contributed by atoms with Crippen LogP contribution < -0.4 is 24.8 Å². The molecule has 0 aliphatic rings. The predicted octanol–water partition coefficient (Wildman–Crippen LogP) is 4.49. The van der Waals surface area contributed by atoms with E-state index in [2.05, 4.69) is 15.6 Å². The Bertz CT molecular complexity index is 991. The lowest BCUT2D eigenvalue weighted by Crippen LogP contribution is -2.13. The molecule has 7 heteroatoms. The summed E-state index contributed by atoms with van der Waals surface area (Å²) in [4.78, 5) is 16.9. The van der Waals surface area contributed by atoms with Crippen LogP contribution in [-0.2, 0) is 0 Å². The lowest BCUT2D eigenvalue weighted by molar-refractivity contribution is 0.102. The number of nitrogens with zero attached hydrogens (tertiary/aromatic N) is 1. The number of methoxy groups -OCH3 is 2. The molecule has 1 heterocycles. The monoisotopic (exact) mass is 393 g/mol. The lowest BCUT2D eigenvalue weighted by atomic mass is 10.2. The van der Waals surface area contributed by atoms with Crippen LogP contribution in [0.15, 0.2) is 60.9 Å². The van der Waals surface area contributed by atoms with Gasteiger partial charge in [0.2, 0.25) is 0 Å². The van der Waals surface area contributed by atoms with Gasteiger partial charge in [0.15, 0.2) is 0 Å². The van der Waals surface area contributed by atoms with Gasteiger partial charge in [-0.3, -0.25) is 9.78 Å². The lowest BCUT2D eigenvalue weighted by Gasteiger charge is -2.14. The maximum atomic E-state index is 12.7. The molecule has 0 aliphatic heterocycles. The van der Waals surface area contributed by atoms with E-state index in [1.54, 1.807) is 38.6 Å². The van der Waals surface area contributed by atoms with Crippen molar-refractivity contribution in [1.29, 1.82) is 0 Å². The molecule has 0 saturated heterocycles. The average molecular weight is 393 g/mol. The summed E-state index contributed by atoms with van der Waals surface area (Å²) >= 11 is 0. The Morgan fingerprint density at radius 2 is 1.79 bits per heavy atom. The minimum Gasteiger partial charge on any atom is -0.497 e. The SMILES string of the molecule is CCOc1ccccc1NC(=O)c1cncc(Nc2ccc(OC)cc2OC)c1. The second-order valence-corrected chi connectivity index (χ2v) is 6.04. The molecule has 0 bridgehead atoms. The Hall–Kier alpha value is -3.74. The molecule has 3 rings (SSSR count). The number of carbonyl (C=O) groups excluding carboxylic acids is 1. The second-order valence-electron chi connectivity index (χ2n) is 6.04. The van der Waals surface area contributed by atoms with Crippen molar-refractivity contribution >= 4 is 23.0 Å². The number of aromatic nitrogens is 1. The molecule has 1 amide bonds. The van der Waals surface area contributed by atoms with Crippen LogP contribution in [-0.4, -0.2) is 31.7 Å². The standard InChI is InChI=1S/C22H23N3O4/c1-4-29-20-8-6-5-7-18(20)25-22(26)15-11-16(14-23-13-15)24-19-10-9-17(27-2)12-21(19)28-3/h5-14,24H,4H2,1-3H3,(H,25,26). The van der Waals surface area contributed by atoms with Crippen LogP contribution in [0.3, 0.4) is 0 Å². The summed E-state index contributed by atoms with van der Waals surface area (Å²) < 4.78 is 16.2. The smallest absolute Gasteiger partial charge is 0.257 e. The van der Waals surface area contributed by atoms with Gasteiger partial charge in [0.25, 0.3) is 5.91 Å². The molecule has 3 aromatic rings. The molecule has 0 unspecified atom stereocenters. The molecular formula is C22H23N3O4. The Labute approximate surface area is 169 Å². The minimum atomic E-state index is -0.282. The fraction of sp³-hybridized carbons (Fsp3) is 0.182. The highest BCUT2D eigenvalue weighted by molar-refractivity contribution is 6.05. The van der Waals surface area contributed by atoms with Gasteiger partial charge in [-0.2, -0.15) is 0 Å². The van der Waals surface area contributed by atoms with E-state index >= 15 is 0 Å². The van der Waals surface area contributed by atoms with Crippen molar-refractivity contribution < 1.29 is 19.0 Å². The zero-order valence-corrected chi connectivity index (χ0v) is 16.6. The number of benzene rings is 2. The van der Waals surface area contributed by atoms with Crippen molar-refractivity contribution in [1.82, 2.24) is 4.98 Å². The second kappa shape index (κ2) is 9.45. The number of amides is 1. The van der Waals surface area contributed by atoms with Gasteiger partial charge in [0.1, 0.15) is 17.2 Å². The number of anilines is 3. The van der Waals surface area contributed by atoms with Crippen LogP contribution in [0.4, 0.5) is 17.1 Å². The zero-order chi connectivity index (χ0) is 20.6. The number of pyridine rings is 1. The number of hydrogen-bond donors (Lipinski definition) is 2. The fourth-order valence-electron chi connectivity index (χ4n) is 2.74. The number of rotatable bonds is 8. The third-order valence-corrected chi connectivity index (χ3v) is 4.12. The van der Waals surface area contributed by atoms with E-state index in [0.29, 0.717) is 40.8 Å². The first kappa shape index (κ1) is 20.0.